The highest BCUT2D eigenvalue weighted by Gasteiger charge is 2.27. The standard InChI is InChI=1S/C11H14F3N3O/c12-11(13,14)6-16-9-4-3-8(15)10(17-9)18-5-7-1-2-7/h3-4,7H,1-2,5-6,15H2,(H,16,17). The van der Waals surface area contributed by atoms with Crippen LogP contribution in [0.2, 0.25) is 0 Å². The van der Waals surface area contributed by atoms with Gasteiger partial charge in [-0.2, -0.15) is 18.2 Å². The lowest BCUT2D eigenvalue weighted by atomic mass is 10.4. The number of halogens is 3. The van der Waals surface area contributed by atoms with Crippen LogP contribution in [0.25, 0.3) is 0 Å². The van der Waals surface area contributed by atoms with Crippen LogP contribution in [0.1, 0.15) is 12.8 Å². The summed E-state index contributed by atoms with van der Waals surface area (Å²) < 4.78 is 41.5. The third-order valence-electron chi connectivity index (χ3n) is 2.51. The van der Waals surface area contributed by atoms with Crippen LogP contribution in [0.15, 0.2) is 12.1 Å². The largest absolute Gasteiger partial charge is 0.476 e. The molecule has 0 atom stereocenters. The van der Waals surface area contributed by atoms with Crippen molar-refractivity contribution < 1.29 is 17.9 Å². The van der Waals surface area contributed by atoms with Crippen LogP contribution in [0.5, 0.6) is 5.88 Å². The fraction of sp³-hybridized carbons (Fsp3) is 0.545. The zero-order valence-electron chi connectivity index (χ0n) is 9.63. The van der Waals surface area contributed by atoms with Crippen LogP contribution < -0.4 is 15.8 Å². The van der Waals surface area contributed by atoms with Gasteiger partial charge in [0, 0.05) is 0 Å². The van der Waals surface area contributed by atoms with Crippen molar-refractivity contribution in [3.8, 4) is 5.88 Å². The van der Waals surface area contributed by atoms with Crippen molar-refractivity contribution in [1.82, 2.24) is 4.98 Å². The molecule has 1 aromatic heterocycles. The van der Waals surface area contributed by atoms with E-state index in [1.165, 1.54) is 12.1 Å². The van der Waals surface area contributed by atoms with E-state index in [0.717, 1.165) is 12.8 Å². The van der Waals surface area contributed by atoms with Crippen molar-refractivity contribution in [2.75, 3.05) is 24.2 Å². The summed E-state index contributed by atoms with van der Waals surface area (Å²) in [5, 5.41) is 2.18. The fourth-order valence-electron chi connectivity index (χ4n) is 1.34. The molecule has 3 N–H and O–H groups in total. The minimum Gasteiger partial charge on any atom is -0.476 e. The molecule has 0 unspecified atom stereocenters. The molecule has 1 aliphatic carbocycles. The van der Waals surface area contributed by atoms with Gasteiger partial charge in [0.2, 0.25) is 5.88 Å². The van der Waals surface area contributed by atoms with Crippen LogP contribution in [-0.4, -0.2) is 24.3 Å². The molecular weight excluding hydrogens is 247 g/mol. The van der Waals surface area contributed by atoms with E-state index in [4.69, 9.17) is 10.5 Å². The smallest absolute Gasteiger partial charge is 0.405 e. The van der Waals surface area contributed by atoms with Gasteiger partial charge in [0.15, 0.2) is 0 Å². The van der Waals surface area contributed by atoms with Gasteiger partial charge in [-0.25, -0.2) is 0 Å². The number of pyridine rings is 1. The normalized spacial score (nSPS) is 15.5. The second kappa shape index (κ2) is 4.91. The third-order valence-corrected chi connectivity index (χ3v) is 2.51. The average Bonchev–Trinajstić information content (AvgIpc) is 3.09. The number of nitrogens with one attached hydrogen (secondary N) is 1. The molecule has 0 bridgehead atoms. The molecule has 1 heterocycles. The number of hydrogen-bond acceptors (Lipinski definition) is 4. The molecule has 0 aliphatic heterocycles. The lowest BCUT2D eigenvalue weighted by molar-refractivity contribution is -0.115. The van der Waals surface area contributed by atoms with Crippen molar-refractivity contribution in [3.05, 3.63) is 12.1 Å². The molecular formula is C11H14F3N3O. The maximum atomic E-state index is 12.0. The number of alkyl halides is 3. The van der Waals surface area contributed by atoms with Crippen LogP contribution in [0, 0.1) is 5.92 Å². The first-order chi connectivity index (χ1) is 8.44. The summed E-state index contributed by atoms with van der Waals surface area (Å²) in [4.78, 5) is 3.92. The highest BCUT2D eigenvalue weighted by atomic mass is 19.4. The second-order valence-electron chi connectivity index (χ2n) is 4.31. The maximum Gasteiger partial charge on any atom is 0.405 e. The van der Waals surface area contributed by atoms with E-state index in [9.17, 15) is 13.2 Å². The summed E-state index contributed by atoms with van der Waals surface area (Å²) in [5.74, 6) is 0.819. The Bertz CT molecular complexity index is 418. The summed E-state index contributed by atoms with van der Waals surface area (Å²) in [6.45, 7) is -0.619. The Morgan fingerprint density at radius 3 is 2.72 bits per heavy atom. The molecule has 0 amide bonds. The third kappa shape index (κ3) is 3.97. The van der Waals surface area contributed by atoms with Gasteiger partial charge >= 0.3 is 6.18 Å². The predicted molar refractivity (Wildman–Crippen MR) is 61.4 cm³/mol. The van der Waals surface area contributed by atoms with E-state index in [1.54, 1.807) is 0 Å². The molecule has 7 heteroatoms. The number of rotatable bonds is 5. The Morgan fingerprint density at radius 2 is 2.11 bits per heavy atom. The first-order valence-corrected chi connectivity index (χ1v) is 5.64. The number of aromatic nitrogens is 1. The molecule has 18 heavy (non-hydrogen) atoms. The number of ether oxygens (including phenoxy) is 1. The van der Waals surface area contributed by atoms with Gasteiger partial charge in [-0.3, -0.25) is 0 Å². The lowest BCUT2D eigenvalue weighted by Gasteiger charge is -2.11. The molecule has 100 valence electrons. The van der Waals surface area contributed by atoms with Crippen LogP contribution >= 0.6 is 0 Å². The lowest BCUT2D eigenvalue weighted by Crippen LogP contribution is -2.21. The van der Waals surface area contributed by atoms with E-state index in [2.05, 4.69) is 10.3 Å². The van der Waals surface area contributed by atoms with Crippen molar-refractivity contribution in [2.24, 2.45) is 5.92 Å². The van der Waals surface area contributed by atoms with Crippen molar-refractivity contribution in [3.63, 3.8) is 0 Å². The van der Waals surface area contributed by atoms with Crippen LogP contribution in [0.3, 0.4) is 0 Å². The molecule has 0 aromatic carbocycles. The second-order valence-corrected chi connectivity index (χ2v) is 4.31. The molecule has 1 fully saturated rings. The molecule has 4 nitrogen and oxygen atoms in total. The molecule has 1 saturated carbocycles. The van der Waals surface area contributed by atoms with E-state index in [0.29, 0.717) is 18.2 Å². The van der Waals surface area contributed by atoms with Crippen molar-refractivity contribution >= 4 is 11.5 Å². The monoisotopic (exact) mass is 261 g/mol. The van der Waals surface area contributed by atoms with E-state index in [-0.39, 0.29) is 11.7 Å². The highest BCUT2D eigenvalue weighted by Crippen LogP contribution is 2.30. The van der Waals surface area contributed by atoms with Gasteiger partial charge in [-0.05, 0) is 30.9 Å². The quantitative estimate of drug-likeness (QED) is 0.854. The predicted octanol–water partition coefficient (Wildman–Crippen LogP) is 2.43. The molecule has 0 spiro atoms. The maximum absolute atomic E-state index is 12.0. The van der Waals surface area contributed by atoms with Gasteiger partial charge in [0.25, 0.3) is 0 Å². The molecule has 1 aromatic rings. The van der Waals surface area contributed by atoms with Gasteiger partial charge in [0.05, 0.1) is 12.3 Å². The summed E-state index contributed by atoms with van der Waals surface area (Å²) in [7, 11) is 0. The van der Waals surface area contributed by atoms with Crippen molar-refractivity contribution in [2.45, 2.75) is 19.0 Å². The summed E-state index contributed by atoms with van der Waals surface area (Å²) in [5.41, 5.74) is 5.97. The SMILES string of the molecule is Nc1ccc(NCC(F)(F)F)nc1OCC1CC1. The van der Waals surface area contributed by atoms with Gasteiger partial charge < -0.3 is 15.8 Å². The number of nitrogens with two attached hydrogens (primary N) is 1. The summed E-state index contributed by atoms with van der Waals surface area (Å²) in [6.07, 6.45) is -2.05. The average molecular weight is 261 g/mol. The number of nitrogen functional groups attached to an aromatic ring is 1. The number of anilines is 2. The zero-order chi connectivity index (χ0) is 13.2. The Labute approximate surface area is 102 Å². The van der Waals surface area contributed by atoms with Gasteiger partial charge in [-0.1, -0.05) is 0 Å². The van der Waals surface area contributed by atoms with Crippen LogP contribution in [-0.2, 0) is 0 Å². The Kier molecular flexibility index (Phi) is 3.49. The first kappa shape index (κ1) is 12.8. The van der Waals surface area contributed by atoms with E-state index >= 15 is 0 Å². The fourth-order valence-corrected chi connectivity index (χ4v) is 1.34. The van der Waals surface area contributed by atoms with Gasteiger partial charge in [-0.15, -0.1) is 0 Å². The number of nitrogens with zero attached hydrogens (tertiary/aromatic N) is 1. The van der Waals surface area contributed by atoms with E-state index < -0.39 is 12.7 Å². The van der Waals surface area contributed by atoms with E-state index in [1.807, 2.05) is 0 Å². The molecule has 1 aliphatic rings. The van der Waals surface area contributed by atoms with Crippen molar-refractivity contribution in [1.29, 1.82) is 0 Å². The molecule has 0 radical (unpaired) electrons. The van der Waals surface area contributed by atoms with Gasteiger partial charge in [0.1, 0.15) is 12.4 Å². The summed E-state index contributed by atoms with van der Waals surface area (Å²) in [6, 6.07) is 2.87. The first-order valence-electron chi connectivity index (χ1n) is 5.64. The highest BCUT2D eigenvalue weighted by molar-refractivity contribution is 5.53. The summed E-state index contributed by atoms with van der Waals surface area (Å²) >= 11 is 0. The molecule has 2 rings (SSSR count). The minimum atomic E-state index is -4.28. The van der Waals surface area contributed by atoms with Crippen LogP contribution in [0.4, 0.5) is 24.7 Å². The zero-order valence-corrected chi connectivity index (χ0v) is 9.63. The Hall–Kier alpha value is -1.66. The Balaban J connectivity index is 1.95. The topological polar surface area (TPSA) is 60.2 Å². The molecule has 0 saturated heterocycles. The Morgan fingerprint density at radius 1 is 1.39 bits per heavy atom. The number of hydrogen-bond donors (Lipinski definition) is 2. The minimum absolute atomic E-state index is 0.104.